The van der Waals surface area contributed by atoms with Gasteiger partial charge in [0, 0.05) is 29.1 Å². The second-order valence-electron chi connectivity index (χ2n) is 4.78. The smallest absolute Gasteiger partial charge is 0.259 e. The molecule has 0 amide bonds. The summed E-state index contributed by atoms with van der Waals surface area (Å²) in [4.78, 5) is 6.73. The van der Waals surface area contributed by atoms with Gasteiger partial charge in [0.2, 0.25) is 0 Å². The number of halogens is 2. The van der Waals surface area contributed by atoms with E-state index in [4.69, 9.17) is 16.1 Å². The van der Waals surface area contributed by atoms with Crippen LogP contribution in [0.2, 0.25) is 5.02 Å². The lowest BCUT2D eigenvalue weighted by Gasteiger charge is -2.30. The molecule has 1 fully saturated rings. The summed E-state index contributed by atoms with van der Waals surface area (Å²) in [5, 5.41) is 8.08. The number of benzene rings is 1. The van der Waals surface area contributed by atoms with Crippen LogP contribution in [-0.2, 0) is 0 Å². The summed E-state index contributed by atoms with van der Waals surface area (Å²) in [6.45, 7) is 2.78. The van der Waals surface area contributed by atoms with Crippen LogP contribution < -0.4 is 5.32 Å². The van der Waals surface area contributed by atoms with Crippen molar-refractivity contribution in [3.8, 4) is 11.5 Å². The molecule has 0 radical (unpaired) electrons. The van der Waals surface area contributed by atoms with Crippen molar-refractivity contribution >= 4 is 27.5 Å². The number of hydrogen-bond donors (Lipinski definition) is 1. The minimum atomic E-state index is 0.138. The number of nitrogens with one attached hydrogen (secondary N) is 1. The number of aromatic nitrogens is 2. The van der Waals surface area contributed by atoms with Gasteiger partial charge in [0.15, 0.2) is 5.82 Å². The fourth-order valence-corrected chi connectivity index (χ4v) is 2.82. The van der Waals surface area contributed by atoms with E-state index in [0.29, 0.717) is 16.7 Å². The van der Waals surface area contributed by atoms with Crippen LogP contribution in [0.25, 0.3) is 11.5 Å². The number of likely N-dealkylation sites (N-methyl/N-ethyl adjacent to an activating group) is 1. The van der Waals surface area contributed by atoms with Crippen molar-refractivity contribution in [1.82, 2.24) is 20.4 Å². The number of piperazine rings is 1. The lowest BCUT2D eigenvalue weighted by molar-refractivity contribution is 0.190. The fraction of sp³-hybridized carbons (Fsp3) is 0.385. The first-order valence-electron chi connectivity index (χ1n) is 6.35. The van der Waals surface area contributed by atoms with Crippen molar-refractivity contribution in [3.05, 3.63) is 33.5 Å². The number of nitrogens with zero attached hydrogens (tertiary/aromatic N) is 3. The summed E-state index contributed by atoms with van der Waals surface area (Å²) in [6.07, 6.45) is 0. The lowest BCUT2D eigenvalue weighted by Crippen LogP contribution is -2.44. The van der Waals surface area contributed by atoms with Gasteiger partial charge in [0.25, 0.3) is 5.89 Å². The van der Waals surface area contributed by atoms with E-state index in [1.165, 1.54) is 0 Å². The zero-order chi connectivity index (χ0) is 14.1. The Morgan fingerprint density at radius 1 is 1.50 bits per heavy atom. The third kappa shape index (κ3) is 2.74. The maximum Gasteiger partial charge on any atom is 0.259 e. The third-order valence-electron chi connectivity index (χ3n) is 3.41. The molecule has 1 saturated heterocycles. The molecule has 1 atom stereocenters. The average molecular weight is 358 g/mol. The molecule has 20 heavy (non-hydrogen) atoms. The molecule has 1 aromatic carbocycles. The van der Waals surface area contributed by atoms with E-state index in [1.807, 2.05) is 18.2 Å². The molecule has 106 valence electrons. The minimum absolute atomic E-state index is 0.138. The fourth-order valence-electron chi connectivity index (χ4n) is 2.24. The Hall–Kier alpha value is -0.950. The van der Waals surface area contributed by atoms with E-state index < -0.39 is 0 Å². The first-order chi connectivity index (χ1) is 9.65. The molecule has 7 heteroatoms. The molecule has 0 aliphatic carbocycles. The van der Waals surface area contributed by atoms with Gasteiger partial charge >= 0.3 is 0 Å². The molecule has 0 bridgehead atoms. The van der Waals surface area contributed by atoms with Gasteiger partial charge in [0.05, 0.1) is 11.6 Å². The quantitative estimate of drug-likeness (QED) is 0.895. The number of rotatable bonds is 2. The maximum atomic E-state index is 6.02. The van der Waals surface area contributed by atoms with Crippen molar-refractivity contribution in [2.24, 2.45) is 0 Å². The molecular weight excluding hydrogens is 344 g/mol. The van der Waals surface area contributed by atoms with E-state index in [0.717, 1.165) is 29.7 Å². The highest BCUT2D eigenvalue weighted by atomic mass is 79.9. The molecule has 0 saturated carbocycles. The Labute approximate surface area is 130 Å². The molecule has 2 aromatic rings. The Morgan fingerprint density at radius 3 is 3.15 bits per heavy atom. The summed E-state index contributed by atoms with van der Waals surface area (Å²) in [7, 11) is 2.07. The maximum absolute atomic E-state index is 6.02. The van der Waals surface area contributed by atoms with Gasteiger partial charge in [-0.15, -0.1) is 0 Å². The number of hydrogen-bond acceptors (Lipinski definition) is 5. The van der Waals surface area contributed by atoms with E-state index in [2.05, 4.69) is 43.3 Å². The molecule has 2 heterocycles. The first-order valence-corrected chi connectivity index (χ1v) is 7.52. The van der Waals surface area contributed by atoms with Gasteiger partial charge in [-0.05, 0) is 41.2 Å². The zero-order valence-electron chi connectivity index (χ0n) is 10.9. The topological polar surface area (TPSA) is 54.2 Å². The van der Waals surface area contributed by atoms with E-state index >= 15 is 0 Å². The zero-order valence-corrected chi connectivity index (χ0v) is 13.3. The molecule has 3 rings (SSSR count). The van der Waals surface area contributed by atoms with Crippen molar-refractivity contribution in [3.63, 3.8) is 0 Å². The molecule has 0 spiro atoms. The normalized spacial score (nSPS) is 20.2. The predicted octanol–water partition coefficient (Wildman–Crippen LogP) is 2.73. The van der Waals surface area contributed by atoms with Gasteiger partial charge in [-0.25, -0.2) is 0 Å². The molecule has 1 aromatic heterocycles. The van der Waals surface area contributed by atoms with Crippen LogP contribution in [-0.4, -0.2) is 41.7 Å². The molecule has 1 aliphatic rings. The van der Waals surface area contributed by atoms with Gasteiger partial charge in [-0.1, -0.05) is 16.8 Å². The van der Waals surface area contributed by atoms with Crippen LogP contribution >= 0.6 is 27.5 Å². The van der Waals surface area contributed by atoms with Crippen LogP contribution in [0.5, 0.6) is 0 Å². The Kier molecular flexibility index (Phi) is 4.07. The summed E-state index contributed by atoms with van der Waals surface area (Å²) < 4.78 is 6.27. The molecular formula is C13H14BrClN4O. The Balaban J connectivity index is 1.91. The van der Waals surface area contributed by atoms with Crippen LogP contribution in [0.3, 0.4) is 0 Å². The summed E-state index contributed by atoms with van der Waals surface area (Å²) in [5.41, 5.74) is 0.808. The van der Waals surface area contributed by atoms with E-state index in [-0.39, 0.29) is 6.04 Å². The summed E-state index contributed by atoms with van der Waals surface area (Å²) in [5.74, 6) is 1.18. The highest BCUT2D eigenvalue weighted by Crippen LogP contribution is 2.30. The highest BCUT2D eigenvalue weighted by molar-refractivity contribution is 9.10. The largest absolute Gasteiger partial charge is 0.334 e. The SMILES string of the molecule is CN1CCNCC1c1noc(-c2cc(Cl)ccc2Br)n1. The third-order valence-corrected chi connectivity index (χ3v) is 4.34. The summed E-state index contributed by atoms with van der Waals surface area (Å²) >= 11 is 9.49. The predicted molar refractivity (Wildman–Crippen MR) is 80.7 cm³/mol. The monoisotopic (exact) mass is 356 g/mol. The van der Waals surface area contributed by atoms with Gasteiger partial charge < -0.3 is 9.84 Å². The second kappa shape index (κ2) is 5.81. The van der Waals surface area contributed by atoms with Crippen LogP contribution in [0, 0.1) is 0 Å². The van der Waals surface area contributed by atoms with Crippen molar-refractivity contribution in [1.29, 1.82) is 0 Å². The van der Waals surface area contributed by atoms with Gasteiger partial charge in [-0.3, -0.25) is 4.90 Å². The van der Waals surface area contributed by atoms with Crippen LogP contribution in [0.4, 0.5) is 0 Å². The van der Waals surface area contributed by atoms with Gasteiger partial charge in [-0.2, -0.15) is 4.98 Å². The molecule has 1 unspecified atom stereocenters. The van der Waals surface area contributed by atoms with Crippen LogP contribution in [0.1, 0.15) is 11.9 Å². The Morgan fingerprint density at radius 2 is 2.35 bits per heavy atom. The minimum Gasteiger partial charge on any atom is -0.334 e. The van der Waals surface area contributed by atoms with Gasteiger partial charge in [0.1, 0.15) is 0 Å². The van der Waals surface area contributed by atoms with Crippen molar-refractivity contribution in [2.75, 3.05) is 26.7 Å². The molecule has 1 N–H and O–H groups in total. The standard InChI is InChI=1S/C13H14BrClN4O/c1-19-5-4-16-7-11(19)12-17-13(20-18-12)9-6-8(15)2-3-10(9)14/h2-3,6,11,16H,4-5,7H2,1H3. The Bertz CT molecular complexity index is 618. The van der Waals surface area contributed by atoms with E-state index in [1.54, 1.807) is 0 Å². The molecule has 1 aliphatic heterocycles. The lowest BCUT2D eigenvalue weighted by atomic mass is 10.2. The second-order valence-corrected chi connectivity index (χ2v) is 6.07. The average Bonchev–Trinajstić information content (AvgIpc) is 2.91. The van der Waals surface area contributed by atoms with Crippen LogP contribution in [0.15, 0.2) is 27.2 Å². The summed E-state index contributed by atoms with van der Waals surface area (Å²) in [6, 6.07) is 5.63. The highest BCUT2D eigenvalue weighted by Gasteiger charge is 2.25. The molecule has 5 nitrogen and oxygen atoms in total. The van der Waals surface area contributed by atoms with E-state index in [9.17, 15) is 0 Å². The van der Waals surface area contributed by atoms with Crippen molar-refractivity contribution in [2.45, 2.75) is 6.04 Å². The van der Waals surface area contributed by atoms with Crippen molar-refractivity contribution < 1.29 is 4.52 Å². The first kappa shape index (κ1) is 14.0.